The number of hydrazine groups is 1. The van der Waals surface area contributed by atoms with Gasteiger partial charge in [0.05, 0.1) is 5.69 Å². The lowest BCUT2D eigenvalue weighted by atomic mass is 9.99. The number of hydrogen-bond acceptors (Lipinski definition) is 5. The van der Waals surface area contributed by atoms with E-state index in [1.54, 1.807) is 0 Å². The van der Waals surface area contributed by atoms with Gasteiger partial charge in [0.15, 0.2) is 0 Å². The van der Waals surface area contributed by atoms with E-state index in [4.69, 9.17) is 0 Å². The summed E-state index contributed by atoms with van der Waals surface area (Å²) in [4.78, 5) is 12.9. The van der Waals surface area contributed by atoms with Gasteiger partial charge >= 0.3 is 0 Å². The van der Waals surface area contributed by atoms with E-state index in [-0.39, 0.29) is 11.1 Å². The molecule has 1 unspecified atom stereocenters. The lowest BCUT2D eigenvalue weighted by molar-refractivity contribution is -0.128. The maximum Gasteiger partial charge on any atom is 0.268 e. The largest absolute Gasteiger partial charge is 0.409 e. The van der Waals surface area contributed by atoms with Crippen molar-refractivity contribution >= 4 is 28.5 Å². The summed E-state index contributed by atoms with van der Waals surface area (Å²) in [5.41, 5.74) is 4.60. The van der Waals surface area contributed by atoms with Gasteiger partial charge in [0.25, 0.3) is 5.91 Å². The number of benzene rings is 2. The molecule has 1 aliphatic heterocycles. The van der Waals surface area contributed by atoms with Crippen molar-refractivity contribution < 1.29 is 10.0 Å². The zero-order valence-corrected chi connectivity index (χ0v) is 12.7. The van der Waals surface area contributed by atoms with Crippen LogP contribution in [0.1, 0.15) is 12.5 Å². The fraction of sp³-hybridized carbons (Fsp3) is 0.125. The van der Waals surface area contributed by atoms with Crippen molar-refractivity contribution in [3.63, 3.8) is 0 Å². The van der Waals surface area contributed by atoms with Crippen molar-refractivity contribution in [3.8, 4) is 0 Å². The van der Waals surface area contributed by atoms with Crippen LogP contribution in [0.2, 0.25) is 0 Å². The van der Waals surface area contributed by atoms with E-state index in [2.05, 4.69) is 10.6 Å². The van der Waals surface area contributed by atoms with Gasteiger partial charge in [-0.05, 0) is 24.6 Å². The molecular formula is C16H15N3O2S. The Morgan fingerprint density at radius 1 is 1.09 bits per heavy atom. The minimum absolute atomic E-state index is 0.180. The molecule has 1 fully saturated rings. The maximum absolute atomic E-state index is 12.9. The van der Waals surface area contributed by atoms with Crippen LogP contribution in [-0.2, 0) is 9.54 Å². The number of nitrogens with one attached hydrogen (secondary N) is 1. The Bertz CT molecular complexity index is 706. The molecule has 0 aliphatic carbocycles. The first-order valence-corrected chi connectivity index (χ1v) is 7.59. The van der Waals surface area contributed by atoms with Gasteiger partial charge in [0.2, 0.25) is 5.17 Å². The van der Waals surface area contributed by atoms with Crippen LogP contribution in [0, 0.1) is 0 Å². The zero-order valence-electron chi connectivity index (χ0n) is 11.9. The number of thioether (sulfide) groups is 1. The quantitative estimate of drug-likeness (QED) is 0.674. The Morgan fingerprint density at radius 2 is 1.68 bits per heavy atom. The first-order chi connectivity index (χ1) is 10.6. The molecule has 22 heavy (non-hydrogen) atoms. The van der Waals surface area contributed by atoms with E-state index in [9.17, 15) is 10.0 Å². The van der Waals surface area contributed by atoms with E-state index in [1.165, 1.54) is 16.8 Å². The molecule has 0 radical (unpaired) electrons. The highest BCUT2D eigenvalue weighted by Crippen LogP contribution is 2.45. The predicted octanol–water partition coefficient (Wildman–Crippen LogP) is 3.25. The number of amides is 1. The van der Waals surface area contributed by atoms with Gasteiger partial charge in [-0.2, -0.15) is 5.01 Å². The number of hydrogen-bond donors (Lipinski definition) is 2. The lowest BCUT2D eigenvalue weighted by Gasteiger charge is -2.22. The second-order valence-corrected chi connectivity index (χ2v) is 6.39. The van der Waals surface area contributed by atoms with Crippen molar-refractivity contribution in [2.45, 2.75) is 11.7 Å². The number of anilines is 1. The number of nitrogens with zero attached hydrogens (tertiary/aromatic N) is 2. The summed E-state index contributed by atoms with van der Waals surface area (Å²) in [6.45, 7) is 1.83. The van der Waals surface area contributed by atoms with Gasteiger partial charge in [-0.3, -0.25) is 10.2 Å². The van der Waals surface area contributed by atoms with Crippen molar-refractivity contribution in [3.05, 3.63) is 66.2 Å². The molecule has 1 aliphatic rings. The summed E-state index contributed by atoms with van der Waals surface area (Å²) >= 11 is 1.22. The zero-order chi connectivity index (χ0) is 15.6. The maximum atomic E-state index is 12.9. The molecule has 0 aromatic heterocycles. The molecule has 0 bridgehead atoms. The third-order valence-electron chi connectivity index (χ3n) is 3.52. The average Bonchev–Trinajstić information content (AvgIpc) is 2.82. The molecule has 2 aromatic rings. The molecule has 3 rings (SSSR count). The fourth-order valence-corrected chi connectivity index (χ4v) is 3.37. The minimum atomic E-state index is -0.829. The second kappa shape index (κ2) is 5.73. The molecule has 0 saturated carbocycles. The highest BCUT2D eigenvalue weighted by atomic mass is 32.2. The number of para-hydroxylation sites is 1. The first-order valence-electron chi connectivity index (χ1n) is 6.78. The number of amidine groups is 1. The topological polar surface area (TPSA) is 64.9 Å². The Morgan fingerprint density at radius 3 is 2.27 bits per heavy atom. The Hall–Kier alpha value is -2.47. The van der Waals surface area contributed by atoms with Gasteiger partial charge in [-0.25, -0.2) is 0 Å². The van der Waals surface area contributed by atoms with Gasteiger partial charge in [-0.15, -0.1) is 0 Å². The molecule has 1 heterocycles. The van der Waals surface area contributed by atoms with Crippen LogP contribution in [0.4, 0.5) is 5.69 Å². The highest BCUT2D eigenvalue weighted by Gasteiger charge is 2.50. The SMILES string of the molecule is CC1(c2ccccc2)S/C(=N/O)N(Nc2ccccc2)C1=O. The van der Waals surface area contributed by atoms with E-state index in [0.717, 1.165) is 11.3 Å². The standard InChI is InChI=1S/C16H15N3O2S/c1-16(12-8-4-2-5-9-12)14(20)19(15(18-21)22-16)17-13-10-6-3-7-11-13/h2-11,17,21H,1H3/b18-15+. The third kappa shape index (κ3) is 2.42. The van der Waals surface area contributed by atoms with Crippen LogP contribution >= 0.6 is 11.8 Å². The van der Waals surface area contributed by atoms with Crippen molar-refractivity contribution in [2.75, 3.05) is 5.43 Å². The van der Waals surface area contributed by atoms with Gasteiger partial charge < -0.3 is 5.21 Å². The molecule has 2 aromatic carbocycles. The van der Waals surface area contributed by atoms with Crippen LogP contribution < -0.4 is 5.43 Å². The molecule has 5 nitrogen and oxygen atoms in total. The van der Waals surface area contributed by atoms with Crippen molar-refractivity contribution in [1.29, 1.82) is 0 Å². The first kappa shape index (κ1) is 14.5. The van der Waals surface area contributed by atoms with Crippen LogP contribution in [-0.4, -0.2) is 21.3 Å². The molecule has 2 N–H and O–H groups in total. The number of oxime groups is 1. The molecule has 0 spiro atoms. The third-order valence-corrected chi connectivity index (χ3v) is 4.79. The summed E-state index contributed by atoms with van der Waals surface area (Å²) in [6.07, 6.45) is 0. The summed E-state index contributed by atoms with van der Waals surface area (Å²) in [5.74, 6) is -0.180. The van der Waals surface area contributed by atoms with E-state index in [0.29, 0.717) is 0 Å². The Balaban J connectivity index is 1.94. The fourth-order valence-electron chi connectivity index (χ4n) is 2.32. The minimum Gasteiger partial charge on any atom is -0.409 e. The van der Waals surface area contributed by atoms with Gasteiger partial charge in [0.1, 0.15) is 4.75 Å². The van der Waals surface area contributed by atoms with E-state index < -0.39 is 4.75 Å². The van der Waals surface area contributed by atoms with Crippen LogP contribution in [0.15, 0.2) is 65.8 Å². The van der Waals surface area contributed by atoms with Crippen molar-refractivity contribution in [1.82, 2.24) is 5.01 Å². The van der Waals surface area contributed by atoms with E-state index in [1.807, 2.05) is 67.6 Å². The Labute approximate surface area is 132 Å². The van der Waals surface area contributed by atoms with E-state index >= 15 is 0 Å². The highest BCUT2D eigenvalue weighted by molar-refractivity contribution is 8.15. The predicted molar refractivity (Wildman–Crippen MR) is 87.5 cm³/mol. The van der Waals surface area contributed by atoms with Gasteiger partial charge in [-0.1, -0.05) is 65.4 Å². The molecule has 1 atom stereocenters. The summed E-state index contributed by atoms with van der Waals surface area (Å²) in [5, 5.41) is 14.0. The smallest absolute Gasteiger partial charge is 0.268 e. The summed E-state index contributed by atoms with van der Waals surface area (Å²) < 4.78 is -0.829. The second-order valence-electron chi connectivity index (χ2n) is 5.00. The molecule has 1 amide bonds. The molecule has 6 heteroatoms. The molecule has 1 saturated heterocycles. The Kier molecular flexibility index (Phi) is 3.77. The van der Waals surface area contributed by atoms with Crippen LogP contribution in [0.3, 0.4) is 0 Å². The number of rotatable bonds is 3. The van der Waals surface area contributed by atoms with Crippen LogP contribution in [0.5, 0.6) is 0 Å². The normalized spacial score (nSPS) is 23.0. The van der Waals surface area contributed by atoms with Gasteiger partial charge in [0, 0.05) is 0 Å². The van der Waals surface area contributed by atoms with Crippen LogP contribution in [0.25, 0.3) is 0 Å². The molecular weight excluding hydrogens is 298 g/mol. The summed E-state index contributed by atoms with van der Waals surface area (Å²) in [6, 6.07) is 18.8. The molecule has 112 valence electrons. The summed E-state index contributed by atoms with van der Waals surface area (Å²) in [7, 11) is 0. The lowest BCUT2D eigenvalue weighted by Crippen LogP contribution is -2.40. The monoisotopic (exact) mass is 313 g/mol. The number of carbonyl (C=O) groups is 1. The van der Waals surface area contributed by atoms with Crippen molar-refractivity contribution in [2.24, 2.45) is 5.16 Å². The average molecular weight is 313 g/mol. The number of carbonyl (C=O) groups excluding carboxylic acids is 1.